The SMILES string of the molecule is CC1(C)OC/C=C\[C@H](OCC(=O)N2C[C@@H](F)[C@H](F)C2)[C@@H]2CC[C@H]2CN2C[C@@]3(CCCc4cc(Cl)ccc43)COc3ccc(cc32)S(=O)(=O)NC1=O. The number of benzene rings is 2. The Labute approximate surface area is 302 Å². The predicted octanol–water partition coefficient (Wildman–Crippen LogP) is 4.91. The van der Waals surface area contributed by atoms with Crippen molar-refractivity contribution >= 4 is 39.1 Å². The number of fused-ring (bicyclic) bond motifs is 4. The lowest BCUT2D eigenvalue weighted by Gasteiger charge is -2.46. The molecule has 1 saturated heterocycles. The van der Waals surface area contributed by atoms with E-state index in [-0.39, 0.29) is 43.0 Å². The molecule has 1 N–H and O–H groups in total. The summed E-state index contributed by atoms with van der Waals surface area (Å²) in [6, 6.07) is 10.7. The van der Waals surface area contributed by atoms with Gasteiger partial charge in [-0.05, 0) is 99.2 Å². The van der Waals surface area contributed by atoms with Gasteiger partial charge in [0.15, 0.2) is 12.3 Å². The van der Waals surface area contributed by atoms with Gasteiger partial charge in [0, 0.05) is 23.5 Å². The van der Waals surface area contributed by atoms with E-state index in [0.717, 1.165) is 37.0 Å². The van der Waals surface area contributed by atoms with Crippen molar-refractivity contribution in [2.75, 3.05) is 50.9 Å². The van der Waals surface area contributed by atoms with Crippen molar-refractivity contribution in [3.8, 4) is 5.75 Å². The molecule has 276 valence electrons. The third-order valence-electron chi connectivity index (χ3n) is 11.2. The fourth-order valence-corrected chi connectivity index (χ4v) is 9.44. The van der Waals surface area contributed by atoms with Crippen molar-refractivity contribution in [1.29, 1.82) is 0 Å². The van der Waals surface area contributed by atoms with E-state index < -0.39 is 51.3 Å². The average molecular weight is 748 g/mol. The molecule has 2 aromatic rings. The molecule has 2 aliphatic carbocycles. The number of amides is 2. The van der Waals surface area contributed by atoms with Crippen molar-refractivity contribution in [1.82, 2.24) is 9.62 Å². The Morgan fingerprint density at radius 2 is 1.88 bits per heavy atom. The minimum Gasteiger partial charge on any atom is -0.490 e. The van der Waals surface area contributed by atoms with E-state index in [9.17, 15) is 26.8 Å². The van der Waals surface area contributed by atoms with Crippen LogP contribution in [0.15, 0.2) is 53.4 Å². The molecule has 0 aromatic heterocycles. The van der Waals surface area contributed by atoms with Gasteiger partial charge in [-0.2, -0.15) is 0 Å². The molecule has 0 unspecified atom stereocenters. The summed E-state index contributed by atoms with van der Waals surface area (Å²) in [5, 5.41) is 0.674. The number of likely N-dealkylation sites (tertiary alicyclic amines) is 1. The number of nitrogens with one attached hydrogen (secondary N) is 1. The second kappa shape index (κ2) is 13.9. The van der Waals surface area contributed by atoms with Crippen LogP contribution in [-0.2, 0) is 40.9 Å². The minimum atomic E-state index is -4.28. The van der Waals surface area contributed by atoms with Gasteiger partial charge in [-0.1, -0.05) is 29.8 Å². The molecule has 6 atom stereocenters. The smallest absolute Gasteiger partial charge is 0.265 e. The van der Waals surface area contributed by atoms with E-state index in [0.29, 0.717) is 36.2 Å². The van der Waals surface area contributed by atoms with Gasteiger partial charge in [-0.3, -0.25) is 9.59 Å². The first-order chi connectivity index (χ1) is 24.2. The Kier molecular flexibility index (Phi) is 9.87. The van der Waals surface area contributed by atoms with Gasteiger partial charge in [0.2, 0.25) is 5.91 Å². The van der Waals surface area contributed by atoms with E-state index >= 15 is 0 Å². The number of rotatable bonds is 3. The summed E-state index contributed by atoms with van der Waals surface area (Å²) in [5.74, 6) is -0.697. The number of halogens is 3. The Morgan fingerprint density at radius 1 is 1.10 bits per heavy atom. The Hall–Kier alpha value is -3.26. The molecule has 0 radical (unpaired) electrons. The first-order valence-electron chi connectivity index (χ1n) is 17.6. The molecule has 1 spiro atoms. The lowest BCUT2D eigenvalue weighted by molar-refractivity contribution is -0.140. The summed E-state index contributed by atoms with van der Waals surface area (Å²) in [5.41, 5.74) is 1.05. The molecular weight excluding hydrogens is 704 g/mol. The van der Waals surface area contributed by atoms with Crippen LogP contribution in [0.5, 0.6) is 5.75 Å². The number of carbonyl (C=O) groups excluding carboxylic acids is 2. The largest absolute Gasteiger partial charge is 0.490 e. The fourth-order valence-electron chi connectivity index (χ4n) is 8.12. The van der Waals surface area contributed by atoms with Gasteiger partial charge in [-0.25, -0.2) is 21.9 Å². The normalized spacial score (nSPS) is 32.1. The first kappa shape index (κ1) is 36.1. The van der Waals surface area contributed by atoms with Crippen LogP contribution in [0.3, 0.4) is 0 Å². The molecule has 51 heavy (non-hydrogen) atoms. The highest BCUT2D eigenvalue weighted by Crippen LogP contribution is 2.47. The quantitative estimate of drug-likeness (QED) is 0.441. The van der Waals surface area contributed by atoms with E-state index in [2.05, 4.69) is 15.7 Å². The number of alkyl halides is 2. The monoisotopic (exact) mass is 747 g/mol. The lowest BCUT2D eigenvalue weighted by atomic mass is 9.68. The number of carbonyl (C=O) groups is 2. The van der Waals surface area contributed by atoms with Gasteiger partial charge in [-0.15, -0.1) is 0 Å². The molecule has 1 saturated carbocycles. The van der Waals surface area contributed by atoms with Crippen LogP contribution >= 0.6 is 11.6 Å². The first-order valence-corrected chi connectivity index (χ1v) is 19.5. The molecule has 3 heterocycles. The van der Waals surface area contributed by atoms with Crippen LogP contribution < -0.4 is 14.4 Å². The second-order valence-corrected chi connectivity index (χ2v) is 17.1. The average Bonchev–Trinajstić information content (AvgIpc) is 3.33. The number of hydrogen-bond acceptors (Lipinski definition) is 8. The molecule has 3 aliphatic heterocycles. The Balaban J connectivity index is 1.24. The van der Waals surface area contributed by atoms with E-state index in [4.69, 9.17) is 25.8 Å². The fraction of sp³-hybridized carbons (Fsp3) is 0.568. The molecule has 14 heteroatoms. The summed E-state index contributed by atoms with van der Waals surface area (Å²) >= 11 is 6.42. The van der Waals surface area contributed by atoms with Crippen molar-refractivity contribution in [2.45, 2.75) is 80.3 Å². The number of aryl methyl sites for hydroxylation is 1. The van der Waals surface area contributed by atoms with Crippen LogP contribution in [0, 0.1) is 11.8 Å². The van der Waals surface area contributed by atoms with Crippen molar-refractivity contribution in [2.24, 2.45) is 11.8 Å². The zero-order valence-electron chi connectivity index (χ0n) is 28.8. The van der Waals surface area contributed by atoms with Crippen LogP contribution in [0.1, 0.15) is 50.7 Å². The highest BCUT2D eigenvalue weighted by atomic mass is 35.5. The predicted molar refractivity (Wildman–Crippen MR) is 187 cm³/mol. The van der Waals surface area contributed by atoms with E-state index in [1.807, 2.05) is 12.1 Å². The number of nitrogens with zero attached hydrogens (tertiary/aromatic N) is 2. The third kappa shape index (κ3) is 7.23. The molecule has 2 fully saturated rings. The summed E-state index contributed by atoms with van der Waals surface area (Å²) in [7, 11) is -4.28. The van der Waals surface area contributed by atoms with Crippen LogP contribution in [0.25, 0.3) is 0 Å². The van der Waals surface area contributed by atoms with Crippen LogP contribution in [0.2, 0.25) is 5.02 Å². The minimum absolute atomic E-state index is 0.0207. The van der Waals surface area contributed by atoms with Crippen LogP contribution in [-0.4, -0.2) is 95.2 Å². The maximum atomic E-state index is 13.9. The molecule has 10 nitrogen and oxygen atoms in total. The Morgan fingerprint density at radius 3 is 2.63 bits per heavy atom. The Bertz CT molecular complexity index is 1820. The van der Waals surface area contributed by atoms with E-state index in [1.165, 1.54) is 31.0 Å². The van der Waals surface area contributed by atoms with Crippen LogP contribution in [0.4, 0.5) is 14.5 Å². The van der Waals surface area contributed by atoms with Crippen molar-refractivity contribution in [3.05, 3.63) is 64.7 Å². The highest BCUT2D eigenvalue weighted by Gasteiger charge is 2.45. The maximum absolute atomic E-state index is 13.9. The number of anilines is 1. The zero-order valence-corrected chi connectivity index (χ0v) is 30.4. The topological polar surface area (TPSA) is 114 Å². The lowest BCUT2D eigenvalue weighted by Crippen LogP contribution is -2.50. The molecule has 5 aliphatic rings. The summed E-state index contributed by atoms with van der Waals surface area (Å²) < 4.78 is 75.8. The summed E-state index contributed by atoms with van der Waals surface area (Å²) in [4.78, 5) is 29.5. The maximum Gasteiger partial charge on any atom is 0.265 e. The van der Waals surface area contributed by atoms with Gasteiger partial charge < -0.3 is 24.0 Å². The van der Waals surface area contributed by atoms with Crippen molar-refractivity contribution in [3.63, 3.8) is 0 Å². The summed E-state index contributed by atoms with van der Waals surface area (Å²) in [6.07, 6.45) is 3.94. The van der Waals surface area contributed by atoms with Gasteiger partial charge in [0.25, 0.3) is 15.9 Å². The zero-order chi connectivity index (χ0) is 36.1. The van der Waals surface area contributed by atoms with Gasteiger partial charge in [0.05, 0.1) is 43.0 Å². The molecular formula is C37H44ClF2N3O7S. The number of ether oxygens (including phenoxy) is 3. The second-order valence-electron chi connectivity index (χ2n) is 15.0. The van der Waals surface area contributed by atoms with Gasteiger partial charge in [0.1, 0.15) is 18.0 Å². The van der Waals surface area contributed by atoms with Gasteiger partial charge >= 0.3 is 0 Å². The van der Waals surface area contributed by atoms with Crippen molar-refractivity contribution < 1.29 is 41.0 Å². The van der Waals surface area contributed by atoms with E-state index in [1.54, 1.807) is 24.3 Å². The number of hydrogen-bond donors (Lipinski definition) is 1. The summed E-state index contributed by atoms with van der Waals surface area (Å²) in [6.45, 7) is 3.49. The molecule has 7 rings (SSSR count). The standard InChI is InChI=1S/C37H44ClF2N3O7S/c1-36(2)35(45)41-51(46,47)26-9-12-33-31(16-26)43(21-37(22-49-33)13-3-5-23-15-25(38)8-11-28(23)37)17-24-7-10-27(24)32(6-4-14-50-36)48-20-34(44)42-18-29(39)30(40)19-42/h4,6,8-9,11-12,15-16,24,27,29-30,32H,3,5,7,10,13-14,17-22H2,1-2H3,(H,41,45)/b6-4-/t24-,27+,29+,30+,32-,37-/m0/s1. The third-order valence-corrected chi connectivity index (χ3v) is 12.8. The highest BCUT2D eigenvalue weighted by molar-refractivity contribution is 7.90. The molecule has 2 aromatic carbocycles. The molecule has 2 amide bonds. The number of sulfonamides is 1. The molecule has 2 bridgehead atoms.